The Morgan fingerprint density at radius 1 is 1.04 bits per heavy atom. The van der Waals surface area contributed by atoms with Crippen LogP contribution in [0.4, 0.5) is 0 Å². The van der Waals surface area contributed by atoms with Crippen LogP contribution < -0.4 is 15.8 Å². The minimum Gasteiger partial charge on any atom is -0.494 e. The van der Waals surface area contributed by atoms with Crippen molar-refractivity contribution in [3.8, 4) is 5.75 Å². The van der Waals surface area contributed by atoms with Gasteiger partial charge >= 0.3 is 5.97 Å². The lowest BCUT2D eigenvalue weighted by Crippen LogP contribution is -2.50. The fourth-order valence-corrected chi connectivity index (χ4v) is 2.56. The van der Waals surface area contributed by atoms with E-state index in [0.29, 0.717) is 13.0 Å². The molecule has 6 nitrogen and oxygen atoms in total. The molecule has 2 rings (SSSR count). The molecule has 0 aliphatic carbocycles. The fraction of sp³-hybridized carbons (Fsp3) is 0.300. The van der Waals surface area contributed by atoms with E-state index in [1.54, 1.807) is 0 Å². The van der Waals surface area contributed by atoms with Crippen LogP contribution in [-0.4, -0.2) is 35.7 Å². The van der Waals surface area contributed by atoms with Gasteiger partial charge in [-0.05, 0) is 36.6 Å². The van der Waals surface area contributed by atoms with Crippen molar-refractivity contribution in [1.82, 2.24) is 5.32 Å². The van der Waals surface area contributed by atoms with Gasteiger partial charge in [-0.15, -0.1) is 0 Å². The first-order valence-corrected chi connectivity index (χ1v) is 8.54. The molecule has 2 aromatic carbocycles. The van der Waals surface area contributed by atoms with E-state index in [9.17, 15) is 14.7 Å². The average molecular weight is 356 g/mol. The Morgan fingerprint density at radius 2 is 1.65 bits per heavy atom. The summed E-state index contributed by atoms with van der Waals surface area (Å²) in [5.41, 5.74) is 7.67. The largest absolute Gasteiger partial charge is 0.494 e. The molecule has 0 bridgehead atoms. The molecular formula is C20H24N2O4. The van der Waals surface area contributed by atoms with Gasteiger partial charge < -0.3 is 20.9 Å². The Morgan fingerprint density at radius 3 is 2.23 bits per heavy atom. The minimum absolute atomic E-state index is 0.206. The summed E-state index contributed by atoms with van der Waals surface area (Å²) in [4.78, 5) is 23.7. The highest BCUT2D eigenvalue weighted by molar-refractivity contribution is 5.87. The normalized spacial score (nSPS) is 12.8. The summed E-state index contributed by atoms with van der Waals surface area (Å²) in [6, 6.07) is 14.6. The molecule has 2 aromatic rings. The van der Waals surface area contributed by atoms with Crippen molar-refractivity contribution in [3.05, 3.63) is 65.7 Å². The van der Waals surface area contributed by atoms with Crippen LogP contribution in [0.2, 0.25) is 0 Å². The number of carbonyl (C=O) groups excluding carboxylic acids is 1. The zero-order valence-corrected chi connectivity index (χ0v) is 14.7. The third-order valence-corrected chi connectivity index (χ3v) is 3.92. The summed E-state index contributed by atoms with van der Waals surface area (Å²) in [5.74, 6) is -0.819. The van der Waals surface area contributed by atoms with Gasteiger partial charge in [-0.25, -0.2) is 4.79 Å². The first-order valence-electron chi connectivity index (χ1n) is 8.54. The van der Waals surface area contributed by atoms with Crippen LogP contribution in [0.1, 0.15) is 18.1 Å². The third kappa shape index (κ3) is 5.89. The lowest BCUT2D eigenvalue weighted by Gasteiger charge is -2.18. The van der Waals surface area contributed by atoms with E-state index in [2.05, 4.69) is 5.32 Å². The van der Waals surface area contributed by atoms with Gasteiger partial charge in [-0.2, -0.15) is 0 Å². The Hall–Kier alpha value is -2.86. The maximum Gasteiger partial charge on any atom is 0.326 e. The molecule has 0 unspecified atom stereocenters. The first-order chi connectivity index (χ1) is 12.5. The molecule has 0 fully saturated rings. The van der Waals surface area contributed by atoms with Gasteiger partial charge in [0.15, 0.2) is 0 Å². The highest BCUT2D eigenvalue weighted by Gasteiger charge is 2.23. The number of benzene rings is 2. The van der Waals surface area contributed by atoms with Crippen LogP contribution in [0.3, 0.4) is 0 Å². The number of rotatable bonds is 9. The van der Waals surface area contributed by atoms with Crippen molar-refractivity contribution in [2.45, 2.75) is 31.8 Å². The Labute approximate surface area is 153 Å². The van der Waals surface area contributed by atoms with Gasteiger partial charge in [0.1, 0.15) is 11.8 Å². The first kappa shape index (κ1) is 19.5. The molecule has 0 aromatic heterocycles. The maximum absolute atomic E-state index is 12.3. The highest BCUT2D eigenvalue weighted by atomic mass is 16.5. The topological polar surface area (TPSA) is 102 Å². The number of nitrogens with one attached hydrogen (secondary N) is 1. The van der Waals surface area contributed by atoms with E-state index in [1.165, 1.54) is 0 Å². The number of hydrogen-bond donors (Lipinski definition) is 3. The quantitative estimate of drug-likeness (QED) is 0.635. The Balaban J connectivity index is 1.94. The number of ether oxygens (including phenoxy) is 1. The van der Waals surface area contributed by atoms with Crippen LogP contribution in [0.5, 0.6) is 5.75 Å². The number of carboxylic acid groups (broad SMARTS) is 1. The number of nitrogens with two attached hydrogens (primary N) is 1. The molecule has 26 heavy (non-hydrogen) atoms. The number of hydrogen-bond acceptors (Lipinski definition) is 4. The minimum atomic E-state index is -1.09. The molecule has 6 heteroatoms. The van der Waals surface area contributed by atoms with Crippen LogP contribution >= 0.6 is 0 Å². The van der Waals surface area contributed by atoms with Crippen LogP contribution in [0.15, 0.2) is 54.6 Å². The second-order valence-electron chi connectivity index (χ2n) is 5.98. The van der Waals surface area contributed by atoms with E-state index in [0.717, 1.165) is 16.9 Å². The van der Waals surface area contributed by atoms with E-state index in [4.69, 9.17) is 10.5 Å². The molecule has 0 spiro atoms. The van der Waals surface area contributed by atoms with Gasteiger partial charge in [0.05, 0.1) is 12.6 Å². The SMILES string of the molecule is CCOc1ccc(C[C@@H](N)C(=O)N[C@@H](Cc2ccccc2)C(=O)O)cc1. The summed E-state index contributed by atoms with van der Waals surface area (Å²) >= 11 is 0. The zero-order valence-electron chi connectivity index (χ0n) is 14.7. The van der Waals surface area contributed by atoms with E-state index in [-0.39, 0.29) is 6.42 Å². The molecule has 0 radical (unpaired) electrons. The predicted molar refractivity (Wildman–Crippen MR) is 99.0 cm³/mol. The summed E-state index contributed by atoms with van der Waals surface area (Å²) in [6.45, 7) is 2.49. The average Bonchev–Trinajstić information content (AvgIpc) is 2.63. The van der Waals surface area contributed by atoms with Gasteiger partial charge in [0.2, 0.25) is 5.91 Å². The number of carbonyl (C=O) groups is 2. The molecule has 0 saturated carbocycles. The summed E-state index contributed by atoms with van der Waals surface area (Å²) in [6.07, 6.45) is 0.521. The lowest BCUT2D eigenvalue weighted by atomic mass is 10.0. The fourth-order valence-electron chi connectivity index (χ4n) is 2.56. The lowest BCUT2D eigenvalue weighted by molar-refractivity contribution is -0.141. The highest BCUT2D eigenvalue weighted by Crippen LogP contribution is 2.13. The van der Waals surface area contributed by atoms with Gasteiger partial charge in [0, 0.05) is 6.42 Å². The Kier molecular flexibility index (Phi) is 7.17. The van der Waals surface area contributed by atoms with Gasteiger partial charge in [-0.1, -0.05) is 42.5 Å². The van der Waals surface area contributed by atoms with Crippen molar-refractivity contribution >= 4 is 11.9 Å². The molecule has 138 valence electrons. The number of aliphatic carboxylic acids is 1. The Bertz CT molecular complexity index is 716. The summed E-state index contributed by atoms with van der Waals surface area (Å²) < 4.78 is 5.37. The van der Waals surface area contributed by atoms with Crippen LogP contribution in [0.25, 0.3) is 0 Å². The van der Waals surface area contributed by atoms with E-state index < -0.39 is 24.0 Å². The van der Waals surface area contributed by atoms with Crippen molar-refractivity contribution in [1.29, 1.82) is 0 Å². The van der Waals surface area contributed by atoms with Crippen molar-refractivity contribution < 1.29 is 19.4 Å². The third-order valence-electron chi connectivity index (χ3n) is 3.92. The maximum atomic E-state index is 12.3. The second-order valence-corrected chi connectivity index (χ2v) is 5.98. The number of amides is 1. The molecule has 0 saturated heterocycles. The standard InChI is InChI=1S/C20H24N2O4/c1-2-26-16-10-8-15(9-11-16)12-17(21)19(23)22-18(20(24)25)13-14-6-4-3-5-7-14/h3-11,17-18H,2,12-13,21H2,1H3,(H,22,23)(H,24,25)/t17-,18+/m1/s1. The van der Waals surface area contributed by atoms with Crippen molar-refractivity contribution in [2.24, 2.45) is 5.73 Å². The molecule has 0 aliphatic heterocycles. The molecule has 0 heterocycles. The van der Waals surface area contributed by atoms with Crippen molar-refractivity contribution in [2.75, 3.05) is 6.61 Å². The number of carboxylic acids is 1. The predicted octanol–water partition coefficient (Wildman–Crippen LogP) is 1.77. The monoisotopic (exact) mass is 356 g/mol. The molecular weight excluding hydrogens is 332 g/mol. The van der Waals surface area contributed by atoms with Crippen LogP contribution in [0, 0.1) is 0 Å². The van der Waals surface area contributed by atoms with Gasteiger partial charge in [0.25, 0.3) is 0 Å². The summed E-state index contributed by atoms with van der Waals surface area (Å²) in [5, 5.41) is 11.9. The smallest absolute Gasteiger partial charge is 0.326 e. The van der Waals surface area contributed by atoms with Crippen LogP contribution in [-0.2, 0) is 22.4 Å². The molecule has 4 N–H and O–H groups in total. The van der Waals surface area contributed by atoms with E-state index >= 15 is 0 Å². The van der Waals surface area contributed by atoms with Gasteiger partial charge in [-0.3, -0.25) is 4.79 Å². The molecule has 0 aliphatic rings. The summed E-state index contributed by atoms with van der Waals surface area (Å²) in [7, 11) is 0. The molecule has 1 amide bonds. The van der Waals surface area contributed by atoms with Crippen molar-refractivity contribution in [3.63, 3.8) is 0 Å². The zero-order chi connectivity index (χ0) is 18.9. The second kappa shape index (κ2) is 9.58. The molecule has 2 atom stereocenters. The van der Waals surface area contributed by atoms with E-state index in [1.807, 2.05) is 61.5 Å².